The number of nitrogens with zero attached hydrogens (tertiary/aromatic N) is 3. The Kier molecular flexibility index (Phi) is 4.88. The number of likely N-dealkylation sites (N-methyl/N-ethyl adjacent to an activating group) is 1. The molecule has 0 aliphatic carbocycles. The smallest absolute Gasteiger partial charge is 0.282 e. The first-order chi connectivity index (χ1) is 8.55. The molecule has 7 heteroatoms. The molecule has 2 fully saturated rings. The van der Waals surface area contributed by atoms with E-state index >= 15 is 0 Å². The van der Waals surface area contributed by atoms with Gasteiger partial charge in [-0.05, 0) is 19.9 Å². The Morgan fingerprint density at radius 3 is 2.39 bits per heavy atom. The largest absolute Gasteiger partial charge is 0.304 e. The van der Waals surface area contributed by atoms with Gasteiger partial charge in [0.1, 0.15) is 0 Å². The third-order valence-corrected chi connectivity index (χ3v) is 6.28. The molecule has 106 valence electrons. The lowest BCUT2D eigenvalue weighted by Crippen LogP contribution is -2.55. The van der Waals surface area contributed by atoms with Crippen LogP contribution in [-0.4, -0.2) is 73.6 Å². The van der Waals surface area contributed by atoms with Gasteiger partial charge >= 0.3 is 0 Å². The van der Waals surface area contributed by atoms with Crippen LogP contribution in [0.2, 0.25) is 0 Å². The molecule has 2 aliphatic heterocycles. The predicted molar refractivity (Wildman–Crippen MR) is 73.1 cm³/mol. The summed E-state index contributed by atoms with van der Waals surface area (Å²) in [7, 11) is -1.29. The van der Waals surface area contributed by atoms with Crippen LogP contribution in [-0.2, 0) is 10.2 Å². The van der Waals surface area contributed by atoms with Crippen molar-refractivity contribution in [2.45, 2.75) is 25.3 Å². The SMILES string of the molecule is CN1CCN(S(=O)(=O)N2CCCCC2CCl)CC1. The summed E-state index contributed by atoms with van der Waals surface area (Å²) in [6.45, 7) is 3.40. The van der Waals surface area contributed by atoms with E-state index < -0.39 is 10.2 Å². The molecule has 0 aromatic heterocycles. The quantitative estimate of drug-likeness (QED) is 0.715. The van der Waals surface area contributed by atoms with Gasteiger partial charge in [0.2, 0.25) is 0 Å². The lowest BCUT2D eigenvalue weighted by molar-refractivity contribution is 0.195. The van der Waals surface area contributed by atoms with Crippen LogP contribution in [0.25, 0.3) is 0 Å². The van der Waals surface area contributed by atoms with Crippen molar-refractivity contribution in [1.29, 1.82) is 0 Å². The van der Waals surface area contributed by atoms with Crippen molar-refractivity contribution in [2.24, 2.45) is 0 Å². The van der Waals surface area contributed by atoms with Gasteiger partial charge in [-0.25, -0.2) is 0 Å². The summed E-state index contributed by atoms with van der Waals surface area (Å²) in [5.74, 6) is 0.396. The molecule has 1 atom stereocenters. The lowest BCUT2D eigenvalue weighted by Gasteiger charge is -2.39. The minimum atomic E-state index is -3.31. The third-order valence-electron chi connectivity index (χ3n) is 3.84. The minimum Gasteiger partial charge on any atom is -0.304 e. The van der Waals surface area contributed by atoms with E-state index in [0.29, 0.717) is 25.5 Å². The first kappa shape index (κ1) is 14.5. The number of halogens is 1. The van der Waals surface area contributed by atoms with Gasteiger partial charge < -0.3 is 4.90 Å². The summed E-state index contributed by atoms with van der Waals surface area (Å²) in [6, 6.07) is -0.0231. The summed E-state index contributed by atoms with van der Waals surface area (Å²) in [5, 5.41) is 0. The van der Waals surface area contributed by atoms with E-state index in [-0.39, 0.29) is 6.04 Å². The van der Waals surface area contributed by atoms with Crippen LogP contribution >= 0.6 is 11.6 Å². The van der Waals surface area contributed by atoms with Crippen LogP contribution in [0.5, 0.6) is 0 Å². The van der Waals surface area contributed by atoms with Crippen molar-refractivity contribution in [3.05, 3.63) is 0 Å². The van der Waals surface area contributed by atoms with Crippen LogP contribution in [0, 0.1) is 0 Å². The highest BCUT2D eigenvalue weighted by atomic mass is 35.5. The highest BCUT2D eigenvalue weighted by molar-refractivity contribution is 7.86. The minimum absolute atomic E-state index is 0.0231. The Hall–Kier alpha value is 0.120. The molecule has 2 rings (SSSR count). The van der Waals surface area contributed by atoms with Crippen LogP contribution < -0.4 is 0 Å². The van der Waals surface area contributed by atoms with Gasteiger partial charge in [0.15, 0.2) is 0 Å². The van der Waals surface area contributed by atoms with Crippen molar-refractivity contribution in [1.82, 2.24) is 13.5 Å². The highest BCUT2D eigenvalue weighted by Gasteiger charge is 2.36. The topological polar surface area (TPSA) is 43.9 Å². The van der Waals surface area contributed by atoms with Gasteiger partial charge in [-0.15, -0.1) is 11.6 Å². The summed E-state index contributed by atoms with van der Waals surface area (Å²) in [4.78, 5) is 2.15. The number of alkyl halides is 1. The number of hydrogen-bond donors (Lipinski definition) is 0. The highest BCUT2D eigenvalue weighted by Crippen LogP contribution is 2.24. The van der Waals surface area contributed by atoms with Gasteiger partial charge in [0.05, 0.1) is 0 Å². The fraction of sp³-hybridized carbons (Fsp3) is 1.00. The number of rotatable bonds is 3. The van der Waals surface area contributed by atoms with E-state index in [1.165, 1.54) is 0 Å². The maximum atomic E-state index is 12.6. The molecular weight excluding hydrogens is 274 g/mol. The summed E-state index contributed by atoms with van der Waals surface area (Å²) < 4.78 is 28.4. The predicted octanol–water partition coefficient (Wildman–Crippen LogP) is 0.572. The van der Waals surface area contributed by atoms with Gasteiger partial charge in [0.25, 0.3) is 10.2 Å². The van der Waals surface area contributed by atoms with E-state index in [1.54, 1.807) is 8.61 Å². The zero-order valence-electron chi connectivity index (χ0n) is 10.9. The Morgan fingerprint density at radius 1 is 1.11 bits per heavy atom. The monoisotopic (exact) mass is 295 g/mol. The molecule has 0 aromatic rings. The Morgan fingerprint density at radius 2 is 1.78 bits per heavy atom. The normalized spacial score (nSPS) is 29.6. The standard InChI is InChI=1S/C11H22ClN3O2S/c1-13-6-8-14(9-7-13)18(16,17)15-5-3-2-4-11(15)10-12/h11H,2-10H2,1H3. The first-order valence-electron chi connectivity index (χ1n) is 6.57. The molecular formula is C11H22ClN3O2S. The fourth-order valence-electron chi connectivity index (χ4n) is 2.60. The van der Waals surface area contributed by atoms with Crippen LogP contribution in [0.15, 0.2) is 0 Å². The zero-order valence-corrected chi connectivity index (χ0v) is 12.5. The maximum Gasteiger partial charge on any atom is 0.282 e. The molecule has 0 spiro atoms. The molecule has 0 bridgehead atoms. The van der Waals surface area contributed by atoms with Gasteiger partial charge in [-0.3, -0.25) is 0 Å². The Balaban J connectivity index is 2.09. The fourth-order valence-corrected chi connectivity index (χ4v) is 4.84. The van der Waals surface area contributed by atoms with Crippen LogP contribution in [0.1, 0.15) is 19.3 Å². The molecule has 0 amide bonds. The second kappa shape index (κ2) is 6.05. The number of piperidine rings is 1. The van der Waals surface area contributed by atoms with Gasteiger partial charge in [-0.2, -0.15) is 17.0 Å². The molecule has 0 radical (unpaired) electrons. The first-order valence-corrected chi connectivity index (χ1v) is 8.50. The summed E-state index contributed by atoms with van der Waals surface area (Å²) >= 11 is 5.91. The van der Waals surface area contributed by atoms with E-state index in [0.717, 1.165) is 32.4 Å². The molecule has 0 N–H and O–H groups in total. The average Bonchev–Trinajstić information content (AvgIpc) is 2.39. The molecule has 1 unspecified atom stereocenters. The van der Waals surface area contributed by atoms with Crippen molar-refractivity contribution in [3.8, 4) is 0 Å². The summed E-state index contributed by atoms with van der Waals surface area (Å²) in [6.07, 6.45) is 2.91. The third kappa shape index (κ3) is 2.99. The van der Waals surface area contributed by atoms with E-state index in [9.17, 15) is 8.42 Å². The molecule has 0 aromatic carbocycles. The Labute approximate surface area is 115 Å². The molecule has 18 heavy (non-hydrogen) atoms. The van der Waals surface area contributed by atoms with Crippen LogP contribution in [0.4, 0.5) is 0 Å². The van der Waals surface area contributed by atoms with Gasteiger partial charge in [-0.1, -0.05) is 6.42 Å². The van der Waals surface area contributed by atoms with Crippen molar-refractivity contribution in [3.63, 3.8) is 0 Å². The molecule has 0 saturated carbocycles. The van der Waals surface area contributed by atoms with E-state index in [1.807, 2.05) is 7.05 Å². The second-order valence-corrected chi connectivity index (χ2v) is 7.31. The zero-order chi connectivity index (χ0) is 13.2. The maximum absolute atomic E-state index is 12.6. The summed E-state index contributed by atoms with van der Waals surface area (Å²) in [5.41, 5.74) is 0. The van der Waals surface area contributed by atoms with Gasteiger partial charge in [0, 0.05) is 44.6 Å². The van der Waals surface area contributed by atoms with Crippen LogP contribution in [0.3, 0.4) is 0 Å². The number of piperazine rings is 1. The molecule has 2 saturated heterocycles. The number of hydrogen-bond acceptors (Lipinski definition) is 3. The molecule has 2 aliphatic rings. The van der Waals surface area contributed by atoms with Crippen molar-refractivity contribution < 1.29 is 8.42 Å². The average molecular weight is 296 g/mol. The molecule has 2 heterocycles. The second-order valence-electron chi connectivity index (χ2n) is 5.12. The van der Waals surface area contributed by atoms with E-state index in [2.05, 4.69) is 4.90 Å². The Bertz CT molecular complexity index is 368. The molecule has 5 nitrogen and oxygen atoms in total. The van der Waals surface area contributed by atoms with E-state index in [4.69, 9.17) is 11.6 Å². The lowest BCUT2D eigenvalue weighted by atomic mass is 10.1. The van der Waals surface area contributed by atoms with Crippen molar-refractivity contribution in [2.75, 3.05) is 45.7 Å². The van der Waals surface area contributed by atoms with Crippen molar-refractivity contribution >= 4 is 21.8 Å².